The van der Waals surface area contributed by atoms with Gasteiger partial charge in [0.25, 0.3) is 0 Å². The van der Waals surface area contributed by atoms with Crippen LogP contribution in [0.25, 0.3) is 0 Å². The lowest BCUT2D eigenvalue weighted by Gasteiger charge is -2.34. The predicted molar refractivity (Wildman–Crippen MR) is 119 cm³/mol. The quantitative estimate of drug-likeness (QED) is 0.444. The van der Waals surface area contributed by atoms with E-state index in [0.717, 1.165) is 4.34 Å². The van der Waals surface area contributed by atoms with Crippen molar-refractivity contribution in [1.29, 1.82) is 0 Å². The van der Waals surface area contributed by atoms with Crippen molar-refractivity contribution in [3.8, 4) is 11.5 Å². The number of hydrogen-bond acceptors (Lipinski definition) is 9. The van der Waals surface area contributed by atoms with E-state index in [1.54, 1.807) is 34.9 Å². The van der Waals surface area contributed by atoms with Gasteiger partial charge in [-0.25, -0.2) is 9.78 Å². The smallest absolute Gasteiger partial charge is 0.409 e. The number of carbonyl (C=O) groups excluding carboxylic acids is 3. The molecule has 0 saturated carbocycles. The monoisotopic (exact) mass is 477 g/mol. The van der Waals surface area contributed by atoms with Crippen LogP contribution in [0, 0.1) is 0 Å². The van der Waals surface area contributed by atoms with Gasteiger partial charge in [-0.3, -0.25) is 9.59 Å². The van der Waals surface area contributed by atoms with Crippen LogP contribution in [-0.2, 0) is 16.0 Å². The van der Waals surface area contributed by atoms with Crippen LogP contribution in [0.4, 0.5) is 4.79 Å². The molecular formula is C21H23N3O6S2. The van der Waals surface area contributed by atoms with E-state index in [1.165, 1.54) is 23.1 Å². The SMILES string of the molecule is CCOC(=O)N1CCN(C(=O)Cc2csc(SCC(=O)c3ccc4c(c3)OCO4)n2)CC1. The van der Waals surface area contributed by atoms with Crippen LogP contribution in [-0.4, -0.2) is 77.9 Å². The van der Waals surface area contributed by atoms with Gasteiger partial charge in [0.05, 0.1) is 24.5 Å². The van der Waals surface area contributed by atoms with E-state index in [9.17, 15) is 14.4 Å². The Kier molecular flexibility index (Phi) is 7.15. The number of fused-ring (bicyclic) bond motifs is 1. The van der Waals surface area contributed by atoms with Crippen LogP contribution in [0.2, 0.25) is 0 Å². The first-order chi connectivity index (χ1) is 15.5. The van der Waals surface area contributed by atoms with Crippen molar-refractivity contribution in [3.63, 3.8) is 0 Å². The van der Waals surface area contributed by atoms with E-state index in [0.29, 0.717) is 55.5 Å². The molecule has 1 aromatic heterocycles. The molecule has 0 radical (unpaired) electrons. The van der Waals surface area contributed by atoms with Gasteiger partial charge in [-0.15, -0.1) is 11.3 Å². The van der Waals surface area contributed by atoms with Crippen molar-refractivity contribution < 1.29 is 28.6 Å². The lowest BCUT2D eigenvalue weighted by Crippen LogP contribution is -2.51. The number of ketones is 1. The largest absolute Gasteiger partial charge is 0.454 e. The van der Waals surface area contributed by atoms with E-state index < -0.39 is 0 Å². The molecule has 1 aromatic carbocycles. The molecule has 2 aromatic rings. The molecule has 9 nitrogen and oxygen atoms in total. The third kappa shape index (κ3) is 5.33. The second kappa shape index (κ2) is 10.2. The van der Waals surface area contributed by atoms with E-state index in [2.05, 4.69) is 4.98 Å². The maximum absolute atomic E-state index is 12.6. The van der Waals surface area contributed by atoms with Crippen LogP contribution >= 0.6 is 23.1 Å². The second-order valence-electron chi connectivity index (χ2n) is 7.13. The molecular weight excluding hydrogens is 454 g/mol. The summed E-state index contributed by atoms with van der Waals surface area (Å²) in [7, 11) is 0. The fourth-order valence-corrected chi connectivity index (χ4v) is 5.08. The molecule has 170 valence electrons. The molecule has 2 aliphatic rings. The Morgan fingerprint density at radius 3 is 2.66 bits per heavy atom. The summed E-state index contributed by atoms with van der Waals surface area (Å²) in [6.07, 6.45) is -0.136. The Balaban J connectivity index is 1.24. The van der Waals surface area contributed by atoms with Gasteiger partial charge >= 0.3 is 6.09 Å². The van der Waals surface area contributed by atoms with E-state index in [-0.39, 0.29) is 36.8 Å². The van der Waals surface area contributed by atoms with Crippen molar-refractivity contribution in [2.24, 2.45) is 0 Å². The van der Waals surface area contributed by atoms with E-state index >= 15 is 0 Å². The number of thioether (sulfide) groups is 1. The highest BCUT2D eigenvalue weighted by Crippen LogP contribution is 2.33. The minimum absolute atomic E-state index is 0.0215. The summed E-state index contributed by atoms with van der Waals surface area (Å²) in [5.74, 6) is 1.42. The normalized spacial score (nSPS) is 15.0. The molecule has 0 bridgehead atoms. The lowest BCUT2D eigenvalue weighted by molar-refractivity contribution is -0.132. The molecule has 1 fully saturated rings. The fraction of sp³-hybridized carbons (Fsp3) is 0.429. The number of benzene rings is 1. The molecule has 4 rings (SSSR count). The number of piperazine rings is 1. The first-order valence-corrected chi connectivity index (χ1v) is 12.1. The highest BCUT2D eigenvalue weighted by molar-refractivity contribution is 8.01. The molecule has 0 unspecified atom stereocenters. The number of thiazole rings is 1. The average Bonchev–Trinajstić information content (AvgIpc) is 3.46. The number of amides is 2. The van der Waals surface area contributed by atoms with E-state index in [4.69, 9.17) is 14.2 Å². The lowest BCUT2D eigenvalue weighted by atomic mass is 10.1. The topological polar surface area (TPSA) is 98.3 Å². The third-order valence-electron chi connectivity index (χ3n) is 5.04. The van der Waals surface area contributed by atoms with Crippen molar-refractivity contribution in [2.45, 2.75) is 17.7 Å². The molecule has 0 N–H and O–H groups in total. The first kappa shape index (κ1) is 22.4. The zero-order chi connectivity index (χ0) is 22.5. The summed E-state index contributed by atoms with van der Waals surface area (Å²) < 4.78 is 16.3. The van der Waals surface area contributed by atoms with Gasteiger partial charge in [-0.2, -0.15) is 0 Å². The Morgan fingerprint density at radius 2 is 1.88 bits per heavy atom. The summed E-state index contributed by atoms with van der Waals surface area (Å²) in [6.45, 7) is 4.16. The molecule has 3 heterocycles. The van der Waals surface area contributed by atoms with Crippen molar-refractivity contribution >= 4 is 40.9 Å². The van der Waals surface area contributed by atoms with Gasteiger partial charge in [0.15, 0.2) is 21.6 Å². The number of carbonyl (C=O) groups is 3. The Labute approximate surface area is 193 Å². The number of Topliss-reactive ketones (excluding diaryl/α,β-unsaturated/α-hetero) is 1. The molecule has 2 aliphatic heterocycles. The fourth-order valence-electron chi connectivity index (χ4n) is 3.34. The second-order valence-corrected chi connectivity index (χ2v) is 9.21. The van der Waals surface area contributed by atoms with Gasteiger partial charge in [0.2, 0.25) is 12.7 Å². The summed E-state index contributed by atoms with van der Waals surface area (Å²) in [5, 5.41) is 1.85. The predicted octanol–water partition coefficient (Wildman–Crippen LogP) is 2.69. The van der Waals surface area contributed by atoms with Gasteiger partial charge in [-0.05, 0) is 25.1 Å². The van der Waals surface area contributed by atoms with Crippen LogP contribution in [0.15, 0.2) is 27.9 Å². The highest BCUT2D eigenvalue weighted by Gasteiger charge is 2.25. The van der Waals surface area contributed by atoms with Crippen molar-refractivity contribution in [1.82, 2.24) is 14.8 Å². The Hall–Kier alpha value is -2.79. The number of ether oxygens (including phenoxy) is 3. The van der Waals surface area contributed by atoms with E-state index in [1.807, 2.05) is 5.38 Å². The molecule has 0 aliphatic carbocycles. The van der Waals surface area contributed by atoms with Gasteiger partial charge < -0.3 is 24.0 Å². The van der Waals surface area contributed by atoms with Crippen molar-refractivity contribution in [2.75, 3.05) is 45.3 Å². The molecule has 32 heavy (non-hydrogen) atoms. The summed E-state index contributed by atoms with van der Waals surface area (Å²) in [4.78, 5) is 44.7. The van der Waals surface area contributed by atoms with Crippen molar-refractivity contribution in [3.05, 3.63) is 34.8 Å². The zero-order valence-electron chi connectivity index (χ0n) is 17.6. The summed E-state index contributed by atoms with van der Waals surface area (Å²) in [5.41, 5.74) is 1.25. The first-order valence-electron chi connectivity index (χ1n) is 10.2. The number of rotatable bonds is 7. The van der Waals surface area contributed by atoms with Crippen LogP contribution < -0.4 is 9.47 Å². The minimum atomic E-state index is -0.337. The van der Waals surface area contributed by atoms with Crippen LogP contribution in [0.1, 0.15) is 23.0 Å². The zero-order valence-corrected chi connectivity index (χ0v) is 19.2. The number of nitrogens with zero attached hydrogens (tertiary/aromatic N) is 3. The number of hydrogen-bond donors (Lipinski definition) is 0. The Bertz CT molecular complexity index is 1000. The van der Waals surface area contributed by atoms with Gasteiger partial charge in [-0.1, -0.05) is 11.8 Å². The third-order valence-corrected chi connectivity index (χ3v) is 7.11. The highest BCUT2D eigenvalue weighted by atomic mass is 32.2. The van der Waals surface area contributed by atoms with Crippen LogP contribution in [0.3, 0.4) is 0 Å². The Morgan fingerprint density at radius 1 is 1.12 bits per heavy atom. The molecule has 11 heteroatoms. The molecule has 0 atom stereocenters. The maximum Gasteiger partial charge on any atom is 0.409 e. The minimum Gasteiger partial charge on any atom is -0.454 e. The van der Waals surface area contributed by atoms with Crippen LogP contribution in [0.5, 0.6) is 11.5 Å². The average molecular weight is 478 g/mol. The standard InChI is InChI=1S/C21H23N3O6S2/c1-2-28-21(27)24-7-5-23(6-8-24)19(26)10-15-11-31-20(22-15)32-12-16(25)14-3-4-17-18(9-14)30-13-29-17/h3-4,9,11H,2,5-8,10,12-13H2,1H3. The number of aromatic nitrogens is 1. The maximum atomic E-state index is 12.6. The molecule has 1 saturated heterocycles. The summed E-state index contributed by atoms with van der Waals surface area (Å²) in [6, 6.07) is 5.16. The molecule has 2 amide bonds. The van der Waals surface area contributed by atoms with Gasteiger partial charge in [0.1, 0.15) is 0 Å². The molecule has 0 spiro atoms. The van der Waals surface area contributed by atoms with Gasteiger partial charge in [0, 0.05) is 37.1 Å². The summed E-state index contributed by atoms with van der Waals surface area (Å²) >= 11 is 2.77.